The van der Waals surface area contributed by atoms with Crippen LogP contribution >= 0.6 is 22.6 Å². The summed E-state index contributed by atoms with van der Waals surface area (Å²) in [7, 11) is 0. The molecule has 0 aliphatic heterocycles. The fourth-order valence-electron chi connectivity index (χ4n) is 1.81. The molecule has 0 saturated heterocycles. The fourth-order valence-corrected chi connectivity index (χ4v) is 2.50. The average Bonchev–Trinajstić information content (AvgIpc) is 2.29. The van der Waals surface area contributed by atoms with Crippen LogP contribution in [0.25, 0.3) is 0 Å². The van der Waals surface area contributed by atoms with Gasteiger partial charge >= 0.3 is 0 Å². The number of hydrogen-bond acceptors (Lipinski definition) is 1. The predicted octanol–water partition coefficient (Wildman–Crippen LogP) is 5.02. The summed E-state index contributed by atoms with van der Waals surface area (Å²) in [5.74, 6) is 0.547. The Bertz CT molecular complexity index is 323. The first-order chi connectivity index (χ1) is 7.33. The minimum absolute atomic E-state index is 0. The molecule has 0 fully saturated rings. The molecule has 0 atom stereocenters. The maximum Gasteiger partial charge on any atom is 0.0249 e. The molecule has 0 aromatic heterocycles. The first-order valence-electron chi connectivity index (χ1n) is 5.19. The number of allylic oxidation sites excluding steroid dienone is 2. The monoisotopic (exact) mass is 329 g/mol. The van der Waals surface area contributed by atoms with Gasteiger partial charge in [-0.25, -0.2) is 0 Å². The Labute approximate surface area is 112 Å². The van der Waals surface area contributed by atoms with Gasteiger partial charge in [-0.05, 0) is 29.9 Å². The third kappa shape index (κ3) is 4.10. The van der Waals surface area contributed by atoms with Crippen LogP contribution in [0.15, 0.2) is 49.6 Å². The first-order valence-corrected chi connectivity index (χ1v) is 6.71. The molecule has 1 aromatic rings. The largest absolute Gasteiger partial charge is 0.344 e. The van der Waals surface area contributed by atoms with Gasteiger partial charge in [0.05, 0.1) is 0 Å². The minimum Gasteiger partial charge on any atom is -0.344 e. The molecule has 0 amide bonds. The smallest absolute Gasteiger partial charge is 0.0249 e. The lowest BCUT2D eigenvalue weighted by Gasteiger charge is -2.16. The predicted molar refractivity (Wildman–Crippen MR) is 81.6 cm³/mol. The van der Waals surface area contributed by atoms with Crippen molar-refractivity contribution >= 4 is 22.6 Å². The van der Waals surface area contributed by atoms with Gasteiger partial charge in [-0.1, -0.05) is 59.0 Å². The SMILES string of the molecule is C=CCC(CC=C)c1ccccc1CI.N. The van der Waals surface area contributed by atoms with Gasteiger partial charge in [-0.2, -0.15) is 0 Å². The van der Waals surface area contributed by atoms with Crippen molar-refractivity contribution in [2.45, 2.75) is 23.2 Å². The second kappa shape index (κ2) is 8.53. The molecule has 3 N–H and O–H groups in total. The van der Waals surface area contributed by atoms with E-state index < -0.39 is 0 Å². The molecule has 1 nitrogen and oxygen atoms in total. The Hall–Kier alpha value is -0.610. The molecule has 0 unspecified atom stereocenters. The number of rotatable bonds is 6. The van der Waals surface area contributed by atoms with Crippen LogP contribution in [0.1, 0.15) is 29.9 Å². The van der Waals surface area contributed by atoms with Gasteiger partial charge in [0.15, 0.2) is 0 Å². The Morgan fingerprint density at radius 3 is 2.19 bits per heavy atom. The molecular formula is C14H20IN. The van der Waals surface area contributed by atoms with Crippen LogP contribution in [0, 0.1) is 0 Å². The van der Waals surface area contributed by atoms with Crippen molar-refractivity contribution in [2.75, 3.05) is 0 Å². The zero-order chi connectivity index (χ0) is 11.1. The van der Waals surface area contributed by atoms with E-state index in [0.717, 1.165) is 17.3 Å². The molecule has 88 valence electrons. The second-order valence-electron chi connectivity index (χ2n) is 3.58. The molecular weight excluding hydrogens is 309 g/mol. The summed E-state index contributed by atoms with van der Waals surface area (Å²) in [5, 5.41) is 0. The van der Waals surface area contributed by atoms with E-state index in [4.69, 9.17) is 0 Å². The Balaban J connectivity index is 0.00000225. The Morgan fingerprint density at radius 2 is 1.69 bits per heavy atom. The molecule has 0 radical (unpaired) electrons. The van der Waals surface area contributed by atoms with Gasteiger partial charge in [-0.3, -0.25) is 0 Å². The molecule has 2 heteroatoms. The summed E-state index contributed by atoms with van der Waals surface area (Å²) < 4.78 is 1.07. The van der Waals surface area contributed by atoms with Gasteiger partial charge < -0.3 is 6.15 Å². The van der Waals surface area contributed by atoms with Crippen LogP contribution < -0.4 is 6.15 Å². The van der Waals surface area contributed by atoms with Crippen molar-refractivity contribution in [1.29, 1.82) is 0 Å². The van der Waals surface area contributed by atoms with E-state index in [1.807, 2.05) is 12.2 Å². The molecule has 1 rings (SSSR count). The zero-order valence-electron chi connectivity index (χ0n) is 9.66. The van der Waals surface area contributed by atoms with E-state index in [9.17, 15) is 0 Å². The van der Waals surface area contributed by atoms with Crippen LogP contribution in [0.5, 0.6) is 0 Å². The molecule has 0 aliphatic carbocycles. The molecule has 0 saturated carbocycles. The van der Waals surface area contributed by atoms with Gasteiger partial charge in [0.1, 0.15) is 0 Å². The van der Waals surface area contributed by atoms with Crippen molar-refractivity contribution in [3.05, 3.63) is 60.7 Å². The summed E-state index contributed by atoms with van der Waals surface area (Å²) in [4.78, 5) is 0. The quantitative estimate of drug-likeness (QED) is 0.444. The van der Waals surface area contributed by atoms with Crippen LogP contribution in [-0.2, 0) is 4.43 Å². The lowest BCUT2D eigenvalue weighted by Crippen LogP contribution is -2.00. The van der Waals surface area contributed by atoms with E-state index in [0.29, 0.717) is 5.92 Å². The Morgan fingerprint density at radius 1 is 1.12 bits per heavy atom. The van der Waals surface area contributed by atoms with Crippen molar-refractivity contribution in [1.82, 2.24) is 6.15 Å². The van der Waals surface area contributed by atoms with Crippen LogP contribution in [0.3, 0.4) is 0 Å². The lowest BCUT2D eigenvalue weighted by atomic mass is 9.89. The highest BCUT2D eigenvalue weighted by molar-refractivity contribution is 14.1. The zero-order valence-corrected chi connectivity index (χ0v) is 11.8. The minimum atomic E-state index is 0. The van der Waals surface area contributed by atoms with Crippen LogP contribution in [0.4, 0.5) is 0 Å². The van der Waals surface area contributed by atoms with Gasteiger partial charge in [0.2, 0.25) is 0 Å². The molecule has 16 heavy (non-hydrogen) atoms. The standard InChI is InChI=1S/C14H17I.H3N/c1-3-7-12(8-4-2)14-10-6-5-9-13(14)11-15;/h3-6,9-10,12H,1-2,7-8,11H2;1H3. The molecule has 0 bridgehead atoms. The van der Waals surface area contributed by atoms with Gasteiger partial charge in [0, 0.05) is 4.43 Å². The highest BCUT2D eigenvalue weighted by Gasteiger charge is 2.11. The third-order valence-corrected chi connectivity index (χ3v) is 3.36. The molecule has 0 heterocycles. The van der Waals surface area contributed by atoms with Gasteiger partial charge in [0.25, 0.3) is 0 Å². The molecule has 0 aliphatic rings. The third-order valence-electron chi connectivity index (χ3n) is 2.54. The van der Waals surface area contributed by atoms with Crippen LogP contribution in [0.2, 0.25) is 0 Å². The highest BCUT2D eigenvalue weighted by Crippen LogP contribution is 2.28. The van der Waals surface area contributed by atoms with E-state index in [1.165, 1.54) is 11.1 Å². The van der Waals surface area contributed by atoms with E-state index in [2.05, 4.69) is 60.0 Å². The summed E-state index contributed by atoms with van der Waals surface area (Å²) in [6, 6.07) is 8.66. The van der Waals surface area contributed by atoms with Crippen molar-refractivity contribution in [3.63, 3.8) is 0 Å². The second-order valence-corrected chi connectivity index (χ2v) is 4.34. The summed E-state index contributed by atoms with van der Waals surface area (Å²) in [6.45, 7) is 7.66. The topological polar surface area (TPSA) is 35.0 Å². The molecule has 1 aromatic carbocycles. The van der Waals surface area contributed by atoms with E-state index in [1.54, 1.807) is 0 Å². The first kappa shape index (κ1) is 15.4. The number of hydrogen-bond donors (Lipinski definition) is 1. The summed E-state index contributed by atoms with van der Waals surface area (Å²) in [5.41, 5.74) is 2.89. The van der Waals surface area contributed by atoms with Crippen LogP contribution in [-0.4, -0.2) is 0 Å². The number of benzene rings is 1. The van der Waals surface area contributed by atoms with Crippen molar-refractivity contribution in [2.24, 2.45) is 0 Å². The molecule has 0 spiro atoms. The number of alkyl halides is 1. The maximum atomic E-state index is 3.83. The fraction of sp³-hybridized carbons (Fsp3) is 0.286. The maximum absolute atomic E-state index is 3.83. The van der Waals surface area contributed by atoms with Crippen molar-refractivity contribution < 1.29 is 0 Å². The lowest BCUT2D eigenvalue weighted by molar-refractivity contribution is 0.708. The summed E-state index contributed by atoms with van der Waals surface area (Å²) in [6.07, 6.45) is 6.05. The Kier molecular flexibility index (Phi) is 8.21. The van der Waals surface area contributed by atoms with Crippen molar-refractivity contribution in [3.8, 4) is 0 Å². The summed E-state index contributed by atoms with van der Waals surface area (Å²) >= 11 is 2.42. The number of halogens is 1. The van der Waals surface area contributed by atoms with Gasteiger partial charge in [-0.15, -0.1) is 13.2 Å². The van der Waals surface area contributed by atoms with E-state index in [-0.39, 0.29) is 6.15 Å². The average molecular weight is 329 g/mol. The highest BCUT2D eigenvalue weighted by atomic mass is 127. The van der Waals surface area contributed by atoms with E-state index >= 15 is 0 Å². The normalized spacial score (nSPS) is 9.62.